The van der Waals surface area contributed by atoms with Crippen molar-refractivity contribution in [3.8, 4) is 0 Å². The highest BCUT2D eigenvalue weighted by molar-refractivity contribution is 5.96. The maximum absolute atomic E-state index is 12.2. The number of nitrogens with one attached hydrogen (secondary N) is 2. The maximum atomic E-state index is 12.2. The minimum atomic E-state index is 0.114. The zero-order chi connectivity index (χ0) is 13.9. The van der Waals surface area contributed by atoms with Crippen LogP contribution < -0.4 is 4.90 Å². The van der Waals surface area contributed by atoms with Gasteiger partial charge in [0.2, 0.25) is 5.91 Å². The minimum Gasteiger partial charge on any atom is -0.361 e. The molecule has 1 fully saturated rings. The molecule has 0 bridgehead atoms. The van der Waals surface area contributed by atoms with Crippen LogP contribution in [0.5, 0.6) is 0 Å². The summed E-state index contributed by atoms with van der Waals surface area (Å²) in [4.78, 5) is 18.8. The number of quaternary nitrogens is 1. The minimum absolute atomic E-state index is 0.114. The van der Waals surface area contributed by atoms with Crippen molar-refractivity contribution in [2.75, 3.05) is 33.2 Å². The number of carbonyl (C=O) groups excluding carboxylic acids is 1. The molecule has 0 saturated carbocycles. The van der Waals surface area contributed by atoms with Crippen molar-refractivity contribution < 1.29 is 9.69 Å². The molecule has 0 atom stereocenters. The molecule has 0 radical (unpaired) electrons. The fourth-order valence-electron chi connectivity index (χ4n) is 2.61. The number of carbonyl (C=O) groups is 1. The van der Waals surface area contributed by atoms with Crippen LogP contribution in [0, 0.1) is 0 Å². The van der Waals surface area contributed by atoms with Gasteiger partial charge in [0.25, 0.3) is 0 Å². The van der Waals surface area contributed by atoms with Crippen molar-refractivity contribution in [3.63, 3.8) is 0 Å². The third-order valence-corrected chi connectivity index (χ3v) is 3.96. The molecule has 1 amide bonds. The summed E-state index contributed by atoms with van der Waals surface area (Å²) in [6.45, 7) is 3.77. The zero-order valence-corrected chi connectivity index (χ0v) is 11.7. The Bertz CT molecular complexity index is 636. The van der Waals surface area contributed by atoms with Gasteiger partial charge in [-0.1, -0.05) is 18.2 Å². The second kappa shape index (κ2) is 5.51. The number of rotatable bonds is 2. The van der Waals surface area contributed by atoms with Gasteiger partial charge in [-0.15, -0.1) is 0 Å². The number of hydrogen-bond donors (Lipinski definition) is 2. The number of para-hydroxylation sites is 1. The lowest BCUT2D eigenvalue weighted by Crippen LogP contribution is -3.12. The van der Waals surface area contributed by atoms with Crippen LogP contribution in [0.1, 0.15) is 5.56 Å². The Kier molecular flexibility index (Phi) is 3.56. The molecule has 0 spiro atoms. The lowest BCUT2D eigenvalue weighted by Gasteiger charge is -2.29. The standard InChI is InChI=1S/C16H19N3O/c1-18-8-10-19(11-9-18)16(20)7-6-13-12-17-15-5-3-2-4-14(13)15/h2-7,12,17H,8-11H2,1H3/p+1. The highest BCUT2D eigenvalue weighted by atomic mass is 16.2. The Morgan fingerprint density at radius 2 is 2.05 bits per heavy atom. The van der Waals surface area contributed by atoms with E-state index in [4.69, 9.17) is 0 Å². The van der Waals surface area contributed by atoms with Crippen LogP contribution in [0.4, 0.5) is 0 Å². The number of aromatic nitrogens is 1. The molecule has 4 nitrogen and oxygen atoms in total. The molecule has 1 aromatic carbocycles. The molecular formula is C16H20N3O+. The van der Waals surface area contributed by atoms with Crippen molar-refractivity contribution >= 4 is 22.9 Å². The molecule has 4 heteroatoms. The molecule has 104 valence electrons. The monoisotopic (exact) mass is 270 g/mol. The van der Waals surface area contributed by atoms with E-state index in [1.807, 2.05) is 35.4 Å². The highest BCUT2D eigenvalue weighted by Gasteiger charge is 2.19. The fraction of sp³-hybridized carbons (Fsp3) is 0.312. The smallest absolute Gasteiger partial charge is 0.246 e. The summed E-state index contributed by atoms with van der Waals surface area (Å²) >= 11 is 0. The maximum Gasteiger partial charge on any atom is 0.246 e. The lowest BCUT2D eigenvalue weighted by atomic mass is 10.1. The molecule has 20 heavy (non-hydrogen) atoms. The first kappa shape index (κ1) is 12.9. The van der Waals surface area contributed by atoms with Gasteiger partial charge in [-0.05, 0) is 17.7 Å². The Labute approximate surface area is 118 Å². The van der Waals surface area contributed by atoms with Gasteiger partial charge in [-0.2, -0.15) is 0 Å². The average Bonchev–Trinajstić information content (AvgIpc) is 2.89. The third kappa shape index (κ3) is 2.60. The SMILES string of the molecule is C[NH+]1CCN(C(=O)C=Cc2c[nH]c3ccccc23)CC1. The number of nitrogens with zero attached hydrogens (tertiary/aromatic N) is 1. The number of likely N-dealkylation sites (N-methyl/N-ethyl adjacent to an activating group) is 1. The number of H-pyrrole nitrogens is 1. The highest BCUT2D eigenvalue weighted by Crippen LogP contribution is 2.18. The van der Waals surface area contributed by atoms with Gasteiger partial charge >= 0.3 is 0 Å². The number of aromatic amines is 1. The first-order valence-corrected chi connectivity index (χ1v) is 7.08. The summed E-state index contributed by atoms with van der Waals surface area (Å²) in [6.07, 6.45) is 5.55. The van der Waals surface area contributed by atoms with E-state index in [0.717, 1.165) is 42.6 Å². The second-order valence-electron chi connectivity index (χ2n) is 5.41. The van der Waals surface area contributed by atoms with E-state index in [9.17, 15) is 4.79 Å². The summed E-state index contributed by atoms with van der Waals surface area (Å²) in [7, 11) is 2.17. The average molecular weight is 270 g/mol. The molecule has 1 saturated heterocycles. The molecule has 0 unspecified atom stereocenters. The molecule has 0 aliphatic carbocycles. The first-order chi connectivity index (χ1) is 9.74. The lowest BCUT2D eigenvalue weighted by molar-refractivity contribution is -0.883. The predicted octanol–water partition coefficient (Wildman–Crippen LogP) is 0.538. The van der Waals surface area contributed by atoms with Crippen molar-refractivity contribution in [2.24, 2.45) is 0 Å². The molecule has 1 aliphatic rings. The Hall–Kier alpha value is -2.07. The first-order valence-electron chi connectivity index (χ1n) is 7.08. The van der Waals surface area contributed by atoms with Crippen LogP contribution in [0.2, 0.25) is 0 Å². The number of fused-ring (bicyclic) bond motifs is 1. The number of hydrogen-bond acceptors (Lipinski definition) is 1. The van der Waals surface area contributed by atoms with Crippen LogP contribution in [0.3, 0.4) is 0 Å². The van der Waals surface area contributed by atoms with E-state index in [-0.39, 0.29) is 5.91 Å². The Balaban J connectivity index is 1.72. The van der Waals surface area contributed by atoms with Gasteiger partial charge in [0.15, 0.2) is 0 Å². The van der Waals surface area contributed by atoms with Gasteiger partial charge in [-0.3, -0.25) is 4.79 Å². The van der Waals surface area contributed by atoms with Crippen molar-refractivity contribution in [2.45, 2.75) is 0 Å². The van der Waals surface area contributed by atoms with Crippen molar-refractivity contribution in [1.29, 1.82) is 0 Å². The summed E-state index contributed by atoms with van der Waals surface area (Å²) in [6, 6.07) is 8.12. The van der Waals surface area contributed by atoms with Crippen LogP contribution in [0.25, 0.3) is 17.0 Å². The number of piperazine rings is 1. The largest absolute Gasteiger partial charge is 0.361 e. The molecule has 1 aromatic heterocycles. The molecular weight excluding hydrogens is 250 g/mol. The fourth-order valence-corrected chi connectivity index (χ4v) is 2.61. The van der Waals surface area contributed by atoms with Crippen LogP contribution >= 0.6 is 0 Å². The van der Waals surface area contributed by atoms with Crippen molar-refractivity contribution in [3.05, 3.63) is 42.1 Å². The summed E-state index contributed by atoms with van der Waals surface area (Å²) < 4.78 is 0. The predicted molar refractivity (Wildman–Crippen MR) is 80.5 cm³/mol. The molecule has 2 heterocycles. The van der Waals surface area contributed by atoms with E-state index in [0.29, 0.717) is 0 Å². The molecule has 1 aliphatic heterocycles. The van der Waals surface area contributed by atoms with E-state index >= 15 is 0 Å². The third-order valence-electron chi connectivity index (χ3n) is 3.96. The van der Waals surface area contributed by atoms with Crippen LogP contribution in [0.15, 0.2) is 36.5 Å². The van der Waals surface area contributed by atoms with E-state index in [1.54, 1.807) is 6.08 Å². The Morgan fingerprint density at radius 1 is 1.30 bits per heavy atom. The number of amides is 1. The normalized spacial score (nSPS) is 17.1. The summed E-state index contributed by atoms with van der Waals surface area (Å²) in [5.41, 5.74) is 2.16. The van der Waals surface area contributed by atoms with Gasteiger partial charge in [0.05, 0.1) is 33.2 Å². The summed E-state index contributed by atoms with van der Waals surface area (Å²) in [5.74, 6) is 0.114. The summed E-state index contributed by atoms with van der Waals surface area (Å²) in [5, 5.41) is 1.15. The quantitative estimate of drug-likeness (QED) is 0.768. The van der Waals surface area contributed by atoms with E-state index in [1.165, 1.54) is 4.90 Å². The van der Waals surface area contributed by atoms with E-state index < -0.39 is 0 Å². The zero-order valence-electron chi connectivity index (χ0n) is 11.7. The number of benzene rings is 1. The van der Waals surface area contributed by atoms with Gasteiger partial charge in [0, 0.05) is 23.2 Å². The second-order valence-corrected chi connectivity index (χ2v) is 5.41. The topological polar surface area (TPSA) is 40.5 Å². The Morgan fingerprint density at radius 3 is 2.85 bits per heavy atom. The van der Waals surface area contributed by atoms with Gasteiger partial charge in [-0.25, -0.2) is 0 Å². The molecule has 2 N–H and O–H groups in total. The van der Waals surface area contributed by atoms with E-state index in [2.05, 4.69) is 18.1 Å². The van der Waals surface area contributed by atoms with Gasteiger partial charge < -0.3 is 14.8 Å². The molecule has 3 rings (SSSR count). The molecule has 2 aromatic rings. The van der Waals surface area contributed by atoms with Crippen LogP contribution in [-0.2, 0) is 4.79 Å². The van der Waals surface area contributed by atoms with Gasteiger partial charge in [0.1, 0.15) is 0 Å². The van der Waals surface area contributed by atoms with Crippen LogP contribution in [-0.4, -0.2) is 49.0 Å². The van der Waals surface area contributed by atoms with Crippen molar-refractivity contribution in [1.82, 2.24) is 9.88 Å².